The first-order valence-electron chi connectivity index (χ1n) is 9.36. The second kappa shape index (κ2) is 9.73. The smallest absolute Gasteiger partial charge is 0.269 e. The first kappa shape index (κ1) is 21.8. The molecule has 1 heterocycles. The van der Waals surface area contributed by atoms with Gasteiger partial charge in [-0.1, -0.05) is 42.3 Å². The molecule has 3 rings (SSSR count). The van der Waals surface area contributed by atoms with Gasteiger partial charge in [-0.2, -0.15) is 0 Å². The van der Waals surface area contributed by atoms with Crippen LogP contribution in [-0.2, 0) is 16.1 Å². The van der Waals surface area contributed by atoms with Crippen molar-refractivity contribution in [2.24, 2.45) is 0 Å². The molecule has 0 saturated carbocycles. The van der Waals surface area contributed by atoms with E-state index in [1.54, 1.807) is 30.3 Å². The third-order valence-corrected chi connectivity index (χ3v) is 4.98. The molecule has 0 aliphatic rings. The highest BCUT2D eigenvalue weighted by Crippen LogP contribution is 2.25. The minimum Gasteiger partial charge on any atom is -0.332 e. The predicted octanol–water partition coefficient (Wildman–Crippen LogP) is 3.58. The summed E-state index contributed by atoms with van der Waals surface area (Å²) in [6.07, 6.45) is 1.85. The molecule has 0 unspecified atom stereocenters. The molecule has 0 aliphatic carbocycles. The van der Waals surface area contributed by atoms with E-state index in [0.717, 1.165) is 0 Å². The highest BCUT2D eigenvalue weighted by molar-refractivity contribution is 6.36. The fraction of sp³-hybridized carbons (Fsp3) is 0.238. The molecule has 0 spiro atoms. The van der Waals surface area contributed by atoms with Gasteiger partial charge < -0.3 is 10.2 Å². The first-order valence-corrected chi connectivity index (χ1v) is 10.1. The Labute approximate surface area is 183 Å². The highest BCUT2D eigenvalue weighted by atomic mass is 35.5. The van der Waals surface area contributed by atoms with Crippen LogP contribution < -0.4 is 10.9 Å². The number of hydrogen-bond donors (Lipinski definition) is 1. The SMILES string of the molecule is CCCN(CC(=O)Nc1ccc(Cl)cc1Cl)C(=O)Cn1c(=O)cnc2ccccc21. The van der Waals surface area contributed by atoms with Crippen molar-refractivity contribution >= 4 is 51.7 Å². The van der Waals surface area contributed by atoms with Crippen LogP contribution in [0.1, 0.15) is 13.3 Å². The number of nitrogens with one attached hydrogen (secondary N) is 1. The summed E-state index contributed by atoms with van der Waals surface area (Å²) in [4.78, 5) is 43.2. The van der Waals surface area contributed by atoms with Gasteiger partial charge in [0, 0.05) is 11.6 Å². The summed E-state index contributed by atoms with van der Waals surface area (Å²) >= 11 is 12.0. The molecule has 0 fully saturated rings. The maximum Gasteiger partial charge on any atom is 0.269 e. The number of carbonyl (C=O) groups excluding carboxylic acids is 2. The summed E-state index contributed by atoms with van der Waals surface area (Å²) in [5.41, 5.74) is 1.21. The van der Waals surface area contributed by atoms with Crippen LogP contribution in [0.15, 0.2) is 53.5 Å². The van der Waals surface area contributed by atoms with Gasteiger partial charge in [0.05, 0.1) is 34.5 Å². The zero-order valence-electron chi connectivity index (χ0n) is 16.3. The minimum atomic E-state index is -0.395. The maximum atomic E-state index is 12.9. The number of benzene rings is 2. The monoisotopic (exact) mass is 446 g/mol. The van der Waals surface area contributed by atoms with Crippen molar-refractivity contribution in [3.8, 4) is 0 Å². The van der Waals surface area contributed by atoms with Crippen molar-refractivity contribution in [1.82, 2.24) is 14.5 Å². The number of rotatable bonds is 7. The third kappa shape index (κ3) is 5.17. The fourth-order valence-corrected chi connectivity index (χ4v) is 3.48. The highest BCUT2D eigenvalue weighted by Gasteiger charge is 2.19. The Morgan fingerprint density at radius 1 is 1.17 bits per heavy atom. The van der Waals surface area contributed by atoms with Crippen molar-refractivity contribution in [2.75, 3.05) is 18.4 Å². The molecular formula is C21H20Cl2N4O3. The summed E-state index contributed by atoms with van der Waals surface area (Å²) in [5, 5.41) is 3.44. The van der Waals surface area contributed by atoms with E-state index in [1.165, 1.54) is 21.7 Å². The second-order valence-electron chi connectivity index (χ2n) is 6.66. The number of anilines is 1. The van der Waals surface area contributed by atoms with Crippen LogP contribution in [0.25, 0.3) is 11.0 Å². The van der Waals surface area contributed by atoms with Gasteiger partial charge in [-0.15, -0.1) is 0 Å². The van der Waals surface area contributed by atoms with Crippen LogP contribution in [0.3, 0.4) is 0 Å². The van der Waals surface area contributed by atoms with Gasteiger partial charge in [0.2, 0.25) is 11.8 Å². The second-order valence-corrected chi connectivity index (χ2v) is 7.50. The van der Waals surface area contributed by atoms with Gasteiger partial charge in [-0.3, -0.25) is 19.0 Å². The molecule has 9 heteroatoms. The van der Waals surface area contributed by atoms with Crippen molar-refractivity contribution in [3.05, 3.63) is 69.1 Å². The number of para-hydroxylation sites is 2. The van der Waals surface area contributed by atoms with Crippen molar-refractivity contribution in [1.29, 1.82) is 0 Å². The Hall–Kier alpha value is -2.90. The summed E-state index contributed by atoms with van der Waals surface area (Å²) < 4.78 is 1.36. The van der Waals surface area contributed by atoms with Crippen molar-refractivity contribution < 1.29 is 9.59 Å². The normalized spacial score (nSPS) is 10.8. The third-order valence-electron chi connectivity index (χ3n) is 4.43. The van der Waals surface area contributed by atoms with E-state index in [0.29, 0.717) is 39.7 Å². The zero-order valence-corrected chi connectivity index (χ0v) is 17.8. The quantitative estimate of drug-likeness (QED) is 0.600. The Balaban J connectivity index is 1.76. The summed E-state index contributed by atoms with van der Waals surface area (Å²) in [5.74, 6) is -0.736. The molecular weight excluding hydrogens is 427 g/mol. The summed E-state index contributed by atoms with van der Waals surface area (Å²) in [6, 6.07) is 11.8. The van der Waals surface area contributed by atoms with Gasteiger partial charge in [-0.25, -0.2) is 4.98 Å². The molecule has 0 saturated heterocycles. The van der Waals surface area contributed by atoms with E-state index in [9.17, 15) is 14.4 Å². The molecule has 3 aromatic rings. The summed E-state index contributed by atoms with van der Waals surface area (Å²) in [6.45, 7) is 1.93. The van der Waals surface area contributed by atoms with Crippen LogP contribution in [0.5, 0.6) is 0 Å². The van der Waals surface area contributed by atoms with Gasteiger partial charge in [0.1, 0.15) is 6.54 Å². The van der Waals surface area contributed by atoms with Crippen LogP contribution in [0.2, 0.25) is 10.0 Å². The molecule has 1 N–H and O–H groups in total. The number of aromatic nitrogens is 2. The predicted molar refractivity (Wildman–Crippen MR) is 118 cm³/mol. The molecule has 0 bridgehead atoms. The molecule has 2 amide bonds. The number of fused-ring (bicyclic) bond motifs is 1. The standard InChI is InChI=1S/C21H20Cl2N4O3/c1-2-9-26(12-19(28)25-16-8-7-14(22)10-15(16)23)21(30)13-27-18-6-4-3-5-17(18)24-11-20(27)29/h3-8,10-11H,2,9,12-13H2,1H3,(H,25,28). The Morgan fingerprint density at radius 2 is 1.93 bits per heavy atom. The lowest BCUT2D eigenvalue weighted by molar-refractivity contribution is -0.135. The fourth-order valence-electron chi connectivity index (χ4n) is 3.03. The lowest BCUT2D eigenvalue weighted by Crippen LogP contribution is -2.41. The van der Waals surface area contributed by atoms with Gasteiger partial charge >= 0.3 is 0 Å². The lowest BCUT2D eigenvalue weighted by atomic mass is 10.3. The minimum absolute atomic E-state index is 0.163. The number of nitrogens with zero attached hydrogens (tertiary/aromatic N) is 3. The zero-order chi connectivity index (χ0) is 21.7. The number of carbonyl (C=O) groups is 2. The van der Waals surface area contributed by atoms with Gasteiger partial charge in [0.15, 0.2) is 0 Å². The number of halogens is 2. The van der Waals surface area contributed by atoms with Gasteiger partial charge in [0.25, 0.3) is 5.56 Å². The Kier molecular flexibility index (Phi) is 7.07. The summed E-state index contributed by atoms with van der Waals surface area (Å²) in [7, 11) is 0. The van der Waals surface area contributed by atoms with E-state index in [4.69, 9.17) is 23.2 Å². The molecule has 1 aromatic heterocycles. The molecule has 0 aliphatic heterocycles. The van der Waals surface area contributed by atoms with Crippen LogP contribution in [0.4, 0.5) is 5.69 Å². The average molecular weight is 447 g/mol. The molecule has 7 nitrogen and oxygen atoms in total. The van der Waals surface area contributed by atoms with Crippen LogP contribution >= 0.6 is 23.2 Å². The molecule has 0 atom stereocenters. The molecule has 0 radical (unpaired) electrons. The maximum absolute atomic E-state index is 12.9. The van der Waals surface area contributed by atoms with Crippen molar-refractivity contribution in [2.45, 2.75) is 19.9 Å². The molecule has 156 valence electrons. The van der Waals surface area contributed by atoms with Crippen LogP contribution in [0, 0.1) is 0 Å². The van der Waals surface area contributed by atoms with E-state index in [1.807, 2.05) is 13.0 Å². The topological polar surface area (TPSA) is 84.3 Å². The Bertz CT molecular complexity index is 1150. The molecule has 30 heavy (non-hydrogen) atoms. The average Bonchev–Trinajstić information content (AvgIpc) is 2.72. The van der Waals surface area contributed by atoms with Crippen LogP contribution in [-0.4, -0.2) is 39.4 Å². The lowest BCUT2D eigenvalue weighted by Gasteiger charge is -2.22. The number of amides is 2. The Morgan fingerprint density at radius 3 is 2.67 bits per heavy atom. The van der Waals surface area contributed by atoms with Crippen molar-refractivity contribution in [3.63, 3.8) is 0 Å². The van der Waals surface area contributed by atoms with E-state index >= 15 is 0 Å². The van der Waals surface area contributed by atoms with E-state index in [-0.39, 0.29) is 24.6 Å². The molecule has 2 aromatic carbocycles. The van der Waals surface area contributed by atoms with E-state index < -0.39 is 5.91 Å². The number of hydrogen-bond acceptors (Lipinski definition) is 4. The van der Waals surface area contributed by atoms with E-state index in [2.05, 4.69) is 10.3 Å². The largest absolute Gasteiger partial charge is 0.332 e. The first-order chi connectivity index (χ1) is 14.4. The van der Waals surface area contributed by atoms with Gasteiger partial charge in [-0.05, 0) is 36.8 Å².